The van der Waals surface area contributed by atoms with Crippen LogP contribution in [0.2, 0.25) is 5.02 Å². The van der Waals surface area contributed by atoms with Gasteiger partial charge in [0.05, 0.1) is 16.6 Å². The van der Waals surface area contributed by atoms with E-state index in [4.69, 9.17) is 23.8 Å². The Labute approximate surface area is 136 Å². The Kier molecular flexibility index (Phi) is 5.08. The van der Waals surface area contributed by atoms with E-state index in [-0.39, 0.29) is 26.9 Å². The fourth-order valence-electron chi connectivity index (χ4n) is 1.74. The largest absolute Gasteiger partial charge is 0.545 e. The van der Waals surface area contributed by atoms with E-state index >= 15 is 0 Å². The van der Waals surface area contributed by atoms with Crippen LogP contribution in [-0.4, -0.2) is 17.0 Å². The van der Waals surface area contributed by atoms with Gasteiger partial charge in [0.25, 0.3) is 5.91 Å². The van der Waals surface area contributed by atoms with Crippen molar-refractivity contribution in [2.24, 2.45) is 0 Å². The van der Waals surface area contributed by atoms with Crippen molar-refractivity contribution in [1.82, 2.24) is 5.32 Å². The molecule has 0 saturated carbocycles. The summed E-state index contributed by atoms with van der Waals surface area (Å²) in [5.41, 5.74) is 0.435. The van der Waals surface area contributed by atoms with Crippen LogP contribution in [0.3, 0.4) is 0 Å². The molecule has 0 unspecified atom stereocenters. The van der Waals surface area contributed by atoms with Crippen LogP contribution in [0.4, 0.5) is 5.69 Å². The number of benzene rings is 2. The Morgan fingerprint density at radius 3 is 2.23 bits per heavy atom. The Hall–Kier alpha value is -2.44. The maximum Gasteiger partial charge on any atom is 0.258 e. The van der Waals surface area contributed by atoms with Crippen LogP contribution in [0.15, 0.2) is 48.5 Å². The minimum atomic E-state index is -1.34. The van der Waals surface area contributed by atoms with Crippen molar-refractivity contribution in [2.45, 2.75) is 0 Å². The van der Waals surface area contributed by atoms with Crippen molar-refractivity contribution in [1.29, 1.82) is 0 Å². The number of aromatic carboxylic acids is 1. The van der Waals surface area contributed by atoms with Gasteiger partial charge in [0.1, 0.15) is 0 Å². The van der Waals surface area contributed by atoms with Gasteiger partial charge in [0.15, 0.2) is 5.11 Å². The van der Waals surface area contributed by atoms with Gasteiger partial charge < -0.3 is 15.2 Å². The van der Waals surface area contributed by atoms with E-state index in [0.29, 0.717) is 0 Å². The number of hydrogen-bond acceptors (Lipinski definition) is 4. The lowest BCUT2D eigenvalue weighted by atomic mass is 10.2. The molecule has 1 amide bonds. The minimum absolute atomic E-state index is 0.0429. The number of hydrogen-bond donors (Lipinski definition) is 2. The van der Waals surface area contributed by atoms with Crippen molar-refractivity contribution in [3.8, 4) is 0 Å². The summed E-state index contributed by atoms with van der Waals surface area (Å²) in [5, 5.41) is 16.3. The number of halogens is 1. The van der Waals surface area contributed by atoms with Gasteiger partial charge in [-0.1, -0.05) is 41.9 Å². The molecule has 0 fully saturated rings. The molecule has 0 aliphatic heterocycles. The molecule has 0 aliphatic carbocycles. The monoisotopic (exact) mass is 333 g/mol. The summed E-state index contributed by atoms with van der Waals surface area (Å²) in [6.45, 7) is 0. The van der Waals surface area contributed by atoms with Crippen LogP contribution in [0.5, 0.6) is 0 Å². The van der Waals surface area contributed by atoms with Crippen LogP contribution in [0.25, 0.3) is 0 Å². The van der Waals surface area contributed by atoms with Gasteiger partial charge in [-0.2, -0.15) is 0 Å². The number of para-hydroxylation sites is 1. The average molecular weight is 334 g/mol. The second-order valence-corrected chi connectivity index (χ2v) is 5.04. The number of amides is 1. The van der Waals surface area contributed by atoms with Crippen LogP contribution in [0.1, 0.15) is 20.7 Å². The topological polar surface area (TPSA) is 81.3 Å². The molecule has 0 spiro atoms. The zero-order chi connectivity index (χ0) is 16.1. The average Bonchev–Trinajstić information content (AvgIpc) is 2.47. The molecule has 0 atom stereocenters. The molecule has 2 N–H and O–H groups in total. The van der Waals surface area contributed by atoms with E-state index in [0.717, 1.165) is 0 Å². The zero-order valence-corrected chi connectivity index (χ0v) is 12.7. The molecular formula is C15H10ClN2O3S-. The summed E-state index contributed by atoms with van der Waals surface area (Å²) < 4.78 is 0. The molecular weight excluding hydrogens is 324 g/mol. The summed E-state index contributed by atoms with van der Waals surface area (Å²) in [7, 11) is 0. The molecule has 2 aromatic rings. The number of anilines is 1. The number of carboxylic acid groups (broad SMARTS) is 1. The lowest BCUT2D eigenvalue weighted by Gasteiger charge is -2.14. The summed E-state index contributed by atoms with van der Waals surface area (Å²) >= 11 is 10.9. The zero-order valence-electron chi connectivity index (χ0n) is 11.1. The second kappa shape index (κ2) is 7.02. The fourth-order valence-corrected chi connectivity index (χ4v) is 2.16. The number of carbonyl (C=O) groups excluding carboxylic acids is 2. The minimum Gasteiger partial charge on any atom is -0.545 e. The summed E-state index contributed by atoms with van der Waals surface area (Å²) in [5.74, 6) is -1.84. The van der Waals surface area contributed by atoms with Crippen LogP contribution < -0.4 is 15.7 Å². The Balaban J connectivity index is 2.10. The van der Waals surface area contributed by atoms with E-state index in [9.17, 15) is 14.7 Å². The molecule has 2 rings (SSSR count). The van der Waals surface area contributed by atoms with Gasteiger partial charge in [-0.25, -0.2) is 0 Å². The standard InChI is InChI=1S/C15H11ClN2O3S/c16-11-7-3-1-5-9(11)13(19)18-15(22)17-12-8-4-2-6-10(12)14(20)21/h1-8H,(H,20,21)(H2,17,18,19,22)/p-1. The predicted molar refractivity (Wildman–Crippen MR) is 85.9 cm³/mol. The van der Waals surface area contributed by atoms with Gasteiger partial charge in [0, 0.05) is 11.3 Å². The van der Waals surface area contributed by atoms with Crippen molar-refractivity contribution in [2.75, 3.05) is 5.32 Å². The first-order valence-electron chi connectivity index (χ1n) is 6.16. The van der Waals surface area contributed by atoms with Gasteiger partial charge in [-0.15, -0.1) is 0 Å². The third-order valence-corrected chi connectivity index (χ3v) is 3.27. The van der Waals surface area contributed by atoms with Gasteiger partial charge >= 0.3 is 0 Å². The Morgan fingerprint density at radius 1 is 1.00 bits per heavy atom. The van der Waals surface area contributed by atoms with E-state index < -0.39 is 11.9 Å². The summed E-state index contributed by atoms with van der Waals surface area (Å²) in [6, 6.07) is 12.6. The molecule has 22 heavy (non-hydrogen) atoms. The highest BCUT2D eigenvalue weighted by Gasteiger charge is 2.12. The van der Waals surface area contributed by atoms with Gasteiger partial charge in [-0.05, 0) is 30.4 Å². The summed E-state index contributed by atoms with van der Waals surface area (Å²) in [6.07, 6.45) is 0. The number of carboxylic acids is 1. The normalized spacial score (nSPS) is 9.86. The number of thiocarbonyl (C=S) groups is 1. The van der Waals surface area contributed by atoms with Gasteiger partial charge in [-0.3, -0.25) is 10.1 Å². The molecule has 2 aromatic carbocycles. The molecule has 112 valence electrons. The van der Waals surface area contributed by atoms with Crippen LogP contribution >= 0.6 is 23.8 Å². The first-order valence-corrected chi connectivity index (χ1v) is 6.95. The van der Waals surface area contributed by atoms with Crippen LogP contribution in [0, 0.1) is 0 Å². The lowest BCUT2D eigenvalue weighted by Crippen LogP contribution is -2.35. The molecule has 0 bridgehead atoms. The Morgan fingerprint density at radius 2 is 1.59 bits per heavy atom. The SMILES string of the molecule is O=C(NC(=S)Nc1ccccc1C(=O)[O-])c1ccccc1Cl. The Bertz CT molecular complexity index is 749. The predicted octanol–water partition coefficient (Wildman–Crippen LogP) is 1.83. The van der Waals surface area contributed by atoms with Crippen molar-refractivity contribution < 1.29 is 14.7 Å². The highest BCUT2D eigenvalue weighted by Crippen LogP contribution is 2.16. The molecule has 5 nitrogen and oxygen atoms in total. The molecule has 0 heterocycles. The second-order valence-electron chi connectivity index (χ2n) is 4.22. The highest BCUT2D eigenvalue weighted by atomic mass is 35.5. The molecule has 0 radical (unpaired) electrons. The van der Waals surface area contributed by atoms with E-state index in [1.54, 1.807) is 36.4 Å². The summed E-state index contributed by atoms with van der Waals surface area (Å²) in [4.78, 5) is 23.0. The smallest absolute Gasteiger partial charge is 0.258 e. The van der Waals surface area contributed by atoms with E-state index in [1.807, 2.05) is 0 Å². The van der Waals surface area contributed by atoms with Crippen molar-refractivity contribution in [3.05, 3.63) is 64.7 Å². The molecule has 0 aromatic heterocycles. The highest BCUT2D eigenvalue weighted by molar-refractivity contribution is 7.80. The first-order chi connectivity index (χ1) is 10.5. The number of rotatable bonds is 3. The van der Waals surface area contributed by atoms with Gasteiger partial charge in [0.2, 0.25) is 0 Å². The lowest BCUT2D eigenvalue weighted by molar-refractivity contribution is -0.254. The maximum absolute atomic E-state index is 12.0. The number of carbonyl (C=O) groups is 2. The quantitative estimate of drug-likeness (QED) is 0.838. The third kappa shape index (κ3) is 3.81. The molecule has 0 aliphatic rings. The molecule has 0 saturated heterocycles. The number of nitrogens with one attached hydrogen (secondary N) is 2. The van der Waals surface area contributed by atoms with Crippen molar-refractivity contribution >= 4 is 46.5 Å². The molecule has 7 heteroatoms. The van der Waals surface area contributed by atoms with E-state index in [2.05, 4.69) is 10.6 Å². The first kappa shape index (κ1) is 15.9. The van der Waals surface area contributed by atoms with Crippen molar-refractivity contribution in [3.63, 3.8) is 0 Å². The third-order valence-electron chi connectivity index (χ3n) is 2.74. The maximum atomic E-state index is 12.0. The van der Waals surface area contributed by atoms with E-state index in [1.165, 1.54) is 12.1 Å². The fraction of sp³-hybridized carbons (Fsp3) is 0. The van der Waals surface area contributed by atoms with Crippen LogP contribution in [-0.2, 0) is 0 Å².